The zero-order valence-corrected chi connectivity index (χ0v) is 9.96. The monoisotopic (exact) mass is 224 g/mol. The van der Waals surface area contributed by atoms with E-state index in [1.807, 2.05) is 12.5 Å². The average molecular weight is 224 g/mol. The zero-order chi connectivity index (χ0) is 10.7. The molecule has 15 heavy (non-hydrogen) atoms. The standard InChI is InChI=1S/C11H16N2OS/c1-9-8-14-6-5-13(9)10-3-4-11(15-2)12-7-10/h3-4,7,9H,5-6,8H2,1-2H3. The number of ether oxygens (including phenoxy) is 1. The molecule has 1 fully saturated rings. The van der Waals surface area contributed by atoms with Crippen molar-refractivity contribution in [1.29, 1.82) is 0 Å². The largest absolute Gasteiger partial charge is 0.377 e. The van der Waals surface area contributed by atoms with Crippen molar-refractivity contribution in [2.24, 2.45) is 0 Å². The summed E-state index contributed by atoms with van der Waals surface area (Å²) in [5, 5.41) is 1.07. The minimum Gasteiger partial charge on any atom is -0.377 e. The van der Waals surface area contributed by atoms with Crippen molar-refractivity contribution in [2.45, 2.75) is 18.0 Å². The predicted octanol–water partition coefficient (Wildman–Crippen LogP) is 2.03. The molecule has 1 unspecified atom stereocenters. The molecule has 0 aliphatic carbocycles. The van der Waals surface area contributed by atoms with Crippen molar-refractivity contribution in [3.05, 3.63) is 18.3 Å². The Balaban J connectivity index is 2.13. The maximum absolute atomic E-state index is 5.41. The number of aromatic nitrogens is 1. The first-order valence-electron chi connectivity index (χ1n) is 5.15. The molecule has 1 atom stereocenters. The molecule has 1 aliphatic rings. The number of hydrogen-bond acceptors (Lipinski definition) is 4. The topological polar surface area (TPSA) is 25.4 Å². The Hall–Kier alpha value is -0.740. The van der Waals surface area contributed by atoms with E-state index in [1.165, 1.54) is 5.69 Å². The van der Waals surface area contributed by atoms with Gasteiger partial charge in [0.15, 0.2) is 0 Å². The third-order valence-corrected chi connectivity index (χ3v) is 3.29. The van der Waals surface area contributed by atoms with Crippen LogP contribution in [0.5, 0.6) is 0 Å². The van der Waals surface area contributed by atoms with E-state index in [0.717, 1.165) is 24.8 Å². The van der Waals surface area contributed by atoms with Gasteiger partial charge in [0.25, 0.3) is 0 Å². The molecule has 2 rings (SSSR count). The van der Waals surface area contributed by atoms with Crippen LogP contribution >= 0.6 is 11.8 Å². The van der Waals surface area contributed by atoms with Gasteiger partial charge in [0.2, 0.25) is 0 Å². The van der Waals surface area contributed by atoms with Crippen LogP contribution in [0.2, 0.25) is 0 Å². The van der Waals surface area contributed by atoms with Gasteiger partial charge in [0.1, 0.15) is 0 Å². The molecule has 0 radical (unpaired) electrons. The van der Waals surface area contributed by atoms with E-state index in [9.17, 15) is 0 Å². The fourth-order valence-electron chi connectivity index (χ4n) is 1.77. The highest BCUT2D eigenvalue weighted by Gasteiger charge is 2.18. The maximum Gasteiger partial charge on any atom is 0.0958 e. The van der Waals surface area contributed by atoms with E-state index in [0.29, 0.717) is 6.04 Å². The van der Waals surface area contributed by atoms with E-state index >= 15 is 0 Å². The van der Waals surface area contributed by atoms with Crippen molar-refractivity contribution in [1.82, 2.24) is 4.98 Å². The van der Waals surface area contributed by atoms with Gasteiger partial charge >= 0.3 is 0 Å². The van der Waals surface area contributed by atoms with Gasteiger partial charge < -0.3 is 9.64 Å². The highest BCUT2D eigenvalue weighted by Crippen LogP contribution is 2.20. The molecule has 0 N–H and O–H groups in total. The van der Waals surface area contributed by atoms with Crippen molar-refractivity contribution in [3.8, 4) is 0 Å². The lowest BCUT2D eigenvalue weighted by Crippen LogP contribution is -2.43. The van der Waals surface area contributed by atoms with Crippen LogP contribution in [0, 0.1) is 0 Å². The summed E-state index contributed by atoms with van der Waals surface area (Å²) in [5.41, 5.74) is 1.20. The van der Waals surface area contributed by atoms with Crippen molar-refractivity contribution >= 4 is 17.4 Å². The second kappa shape index (κ2) is 4.86. The maximum atomic E-state index is 5.41. The van der Waals surface area contributed by atoms with Gasteiger partial charge in [-0.1, -0.05) is 0 Å². The first-order valence-corrected chi connectivity index (χ1v) is 6.38. The number of pyridine rings is 1. The molecular formula is C11H16N2OS. The van der Waals surface area contributed by atoms with Gasteiger partial charge in [-0.15, -0.1) is 11.8 Å². The summed E-state index contributed by atoms with van der Waals surface area (Å²) < 4.78 is 5.41. The lowest BCUT2D eigenvalue weighted by atomic mass is 10.2. The zero-order valence-electron chi connectivity index (χ0n) is 9.14. The number of hydrogen-bond donors (Lipinski definition) is 0. The summed E-state index contributed by atoms with van der Waals surface area (Å²) in [6, 6.07) is 4.66. The van der Waals surface area contributed by atoms with Gasteiger partial charge in [-0.05, 0) is 25.3 Å². The second-order valence-electron chi connectivity index (χ2n) is 3.68. The molecule has 0 spiro atoms. The van der Waals surface area contributed by atoms with Crippen LogP contribution < -0.4 is 4.90 Å². The van der Waals surface area contributed by atoms with Gasteiger partial charge in [0.05, 0.1) is 30.1 Å². The highest BCUT2D eigenvalue weighted by molar-refractivity contribution is 7.98. The SMILES string of the molecule is CSc1ccc(N2CCOCC2C)cn1. The quantitative estimate of drug-likeness (QED) is 0.718. The number of rotatable bonds is 2. The highest BCUT2D eigenvalue weighted by atomic mass is 32.2. The van der Waals surface area contributed by atoms with Crippen molar-refractivity contribution in [3.63, 3.8) is 0 Å². The molecule has 0 amide bonds. The molecule has 0 bridgehead atoms. The van der Waals surface area contributed by atoms with E-state index in [4.69, 9.17) is 4.74 Å². The smallest absolute Gasteiger partial charge is 0.0958 e. The Kier molecular flexibility index (Phi) is 3.49. The van der Waals surface area contributed by atoms with Crippen LogP contribution in [-0.2, 0) is 4.74 Å². The third-order valence-electron chi connectivity index (χ3n) is 2.63. The molecule has 0 aromatic carbocycles. The Labute approximate surface area is 94.8 Å². The van der Waals surface area contributed by atoms with Crippen molar-refractivity contribution in [2.75, 3.05) is 30.9 Å². The lowest BCUT2D eigenvalue weighted by molar-refractivity contribution is 0.0989. The first-order chi connectivity index (χ1) is 7.31. The average Bonchev–Trinajstić information content (AvgIpc) is 2.30. The Bertz CT molecular complexity index is 315. The molecule has 1 aliphatic heterocycles. The minimum atomic E-state index is 0.445. The van der Waals surface area contributed by atoms with Gasteiger partial charge in [0, 0.05) is 12.6 Å². The molecule has 82 valence electrons. The predicted molar refractivity (Wildman–Crippen MR) is 63.6 cm³/mol. The number of anilines is 1. The molecule has 4 heteroatoms. The Morgan fingerprint density at radius 2 is 2.40 bits per heavy atom. The van der Waals surface area contributed by atoms with Crippen LogP contribution in [0.25, 0.3) is 0 Å². The molecule has 0 saturated carbocycles. The van der Waals surface area contributed by atoms with Crippen LogP contribution in [0.3, 0.4) is 0 Å². The minimum absolute atomic E-state index is 0.445. The van der Waals surface area contributed by atoms with Gasteiger partial charge in [-0.2, -0.15) is 0 Å². The molecular weight excluding hydrogens is 208 g/mol. The molecule has 1 aromatic heterocycles. The fourth-order valence-corrected chi connectivity index (χ4v) is 2.14. The molecule has 1 aromatic rings. The number of thioether (sulfide) groups is 1. The van der Waals surface area contributed by atoms with Crippen LogP contribution in [0.15, 0.2) is 23.4 Å². The van der Waals surface area contributed by atoms with E-state index in [2.05, 4.69) is 28.9 Å². The Morgan fingerprint density at radius 3 is 3.00 bits per heavy atom. The molecule has 1 saturated heterocycles. The molecule has 3 nitrogen and oxygen atoms in total. The van der Waals surface area contributed by atoms with Gasteiger partial charge in [-0.3, -0.25) is 0 Å². The third kappa shape index (κ3) is 2.44. The van der Waals surface area contributed by atoms with Crippen LogP contribution in [-0.4, -0.2) is 37.0 Å². The summed E-state index contributed by atoms with van der Waals surface area (Å²) in [4.78, 5) is 6.74. The molecule has 2 heterocycles. The number of morpholine rings is 1. The first kappa shape index (κ1) is 10.8. The summed E-state index contributed by atoms with van der Waals surface area (Å²) >= 11 is 1.67. The van der Waals surface area contributed by atoms with Crippen LogP contribution in [0.4, 0.5) is 5.69 Å². The lowest BCUT2D eigenvalue weighted by Gasteiger charge is -2.34. The summed E-state index contributed by atoms with van der Waals surface area (Å²) in [6.45, 7) is 4.77. The van der Waals surface area contributed by atoms with Crippen molar-refractivity contribution < 1.29 is 4.74 Å². The second-order valence-corrected chi connectivity index (χ2v) is 4.50. The Morgan fingerprint density at radius 1 is 1.53 bits per heavy atom. The van der Waals surface area contributed by atoms with E-state index < -0.39 is 0 Å². The van der Waals surface area contributed by atoms with E-state index in [-0.39, 0.29) is 0 Å². The number of nitrogens with zero attached hydrogens (tertiary/aromatic N) is 2. The summed E-state index contributed by atoms with van der Waals surface area (Å²) in [5.74, 6) is 0. The van der Waals surface area contributed by atoms with E-state index in [1.54, 1.807) is 11.8 Å². The summed E-state index contributed by atoms with van der Waals surface area (Å²) in [7, 11) is 0. The van der Waals surface area contributed by atoms with Crippen LogP contribution in [0.1, 0.15) is 6.92 Å². The normalized spacial score (nSPS) is 21.7. The van der Waals surface area contributed by atoms with Gasteiger partial charge in [-0.25, -0.2) is 4.98 Å². The summed E-state index contributed by atoms with van der Waals surface area (Å²) in [6.07, 6.45) is 3.99. The fraction of sp³-hybridized carbons (Fsp3) is 0.545.